The molecule has 3 nitrogen and oxygen atoms in total. The summed E-state index contributed by atoms with van der Waals surface area (Å²) < 4.78 is 5.34. The third-order valence-corrected chi connectivity index (χ3v) is 5.36. The third-order valence-electron chi connectivity index (χ3n) is 5.36. The standard InChI is InChI=1S/C21H35NO2/c1-6-9-11-16-12-17-13-22(14-19(17)18(16)10-7-2)20(15(4)5)21(23)24-8-3/h10,12,15,17,19-20H,6-9,11,13-14H2,1-5H3/b18-10-. The van der Waals surface area contributed by atoms with Crippen LogP contribution in [-0.2, 0) is 9.53 Å². The van der Waals surface area contributed by atoms with E-state index in [0.717, 1.165) is 19.5 Å². The topological polar surface area (TPSA) is 29.5 Å². The predicted octanol–water partition coefficient (Wildman–Crippen LogP) is 4.59. The van der Waals surface area contributed by atoms with E-state index >= 15 is 0 Å². The molecule has 3 atom stereocenters. The van der Waals surface area contributed by atoms with Gasteiger partial charge in [0.1, 0.15) is 6.04 Å². The van der Waals surface area contributed by atoms with Crippen LogP contribution in [0.1, 0.15) is 60.3 Å². The lowest BCUT2D eigenvalue weighted by Gasteiger charge is -2.29. The van der Waals surface area contributed by atoms with Crippen LogP contribution in [0, 0.1) is 17.8 Å². The van der Waals surface area contributed by atoms with Crippen molar-refractivity contribution >= 4 is 5.97 Å². The minimum absolute atomic E-state index is 0.0521. The minimum Gasteiger partial charge on any atom is -0.465 e. The molecule has 2 rings (SSSR count). The lowest BCUT2D eigenvalue weighted by atomic mass is 9.92. The van der Waals surface area contributed by atoms with Crippen LogP contribution < -0.4 is 0 Å². The Balaban J connectivity index is 2.14. The van der Waals surface area contributed by atoms with Gasteiger partial charge in [0.25, 0.3) is 0 Å². The number of likely N-dealkylation sites (tertiary alicyclic amines) is 1. The highest BCUT2D eigenvalue weighted by Gasteiger charge is 2.43. The van der Waals surface area contributed by atoms with E-state index in [1.807, 2.05) is 6.92 Å². The third kappa shape index (κ3) is 4.11. The molecule has 1 aliphatic carbocycles. The lowest BCUT2D eigenvalue weighted by Crippen LogP contribution is -2.44. The van der Waals surface area contributed by atoms with Gasteiger partial charge in [-0.2, -0.15) is 0 Å². The maximum absolute atomic E-state index is 12.4. The highest BCUT2D eigenvalue weighted by atomic mass is 16.5. The van der Waals surface area contributed by atoms with Gasteiger partial charge in [0.15, 0.2) is 0 Å². The Morgan fingerprint density at radius 2 is 2.08 bits per heavy atom. The first-order chi connectivity index (χ1) is 11.5. The van der Waals surface area contributed by atoms with E-state index in [1.54, 1.807) is 11.1 Å². The van der Waals surface area contributed by atoms with Crippen molar-refractivity contribution in [2.24, 2.45) is 17.8 Å². The molecule has 1 heterocycles. The van der Waals surface area contributed by atoms with Gasteiger partial charge in [0.05, 0.1) is 6.61 Å². The average Bonchev–Trinajstić information content (AvgIpc) is 3.04. The summed E-state index contributed by atoms with van der Waals surface area (Å²) in [5.74, 6) is 1.38. The van der Waals surface area contributed by atoms with E-state index in [2.05, 4.69) is 44.7 Å². The van der Waals surface area contributed by atoms with E-state index in [0.29, 0.717) is 18.4 Å². The fourth-order valence-corrected chi connectivity index (χ4v) is 4.35. The van der Waals surface area contributed by atoms with Gasteiger partial charge in [-0.3, -0.25) is 9.69 Å². The lowest BCUT2D eigenvalue weighted by molar-refractivity contribution is -0.151. The highest BCUT2D eigenvalue weighted by molar-refractivity contribution is 5.76. The molecule has 1 saturated heterocycles. The zero-order chi connectivity index (χ0) is 17.7. The zero-order valence-electron chi connectivity index (χ0n) is 16.2. The maximum Gasteiger partial charge on any atom is 0.323 e. The largest absolute Gasteiger partial charge is 0.465 e. The number of ether oxygens (including phenoxy) is 1. The van der Waals surface area contributed by atoms with Gasteiger partial charge in [-0.1, -0.05) is 46.3 Å². The number of unbranched alkanes of at least 4 members (excludes halogenated alkanes) is 1. The fraction of sp³-hybridized carbons (Fsp3) is 0.762. The van der Waals surface area contributed by atoms with Crippen molar-refractivity contribution in [3.05, 3.63) is 23.3 Å². The smallest absolute Gasteiger partial charge is 0.323 e. The van der Waals surface area contributed by atoms with E-state index in [1.165, 1.54) is 19.3 Å². The van der Waals surface area contributed by atoms with Crippen molar-refractivity contribution in [2.75, 3.05) is 19.7 Å². The number of carbonyl (C=O) groups is 1. The summed E-state index contributed by atoms with van der Waals surface area (Å²) in [5, 5.41) is 0. The van der Waals surface area contributed by atoms with Crippen LogP contribution in [0.4, 0.5) is 0 Å². The molecule has 2 aliphatic rings. The van der Waals surface area contributed by atoms with E-state index in [9.17, 15) is 4.79 Å². The summed E-state index contributed by atoms with van der Waals surface area (Å²) in [4.78, 5) is 14.8. The van der Waals surface area contributed by atoms with Crippen molar-refractivity contribution in [3.63, 3.8) is 0 Å². The predicted molar refractivity (Wildman–Crippen MR) is 99.8 cm³/mol. The van der Waals surface area contributed by atoms with Crippen LogP contribution >= 0.6 is 0 Å². The number of rotatable bonds is 8. The summed E-state index contributed by atoms with van der Waals surface area (Å²) in [5.41, 5.74) is 3.13. The number of nitrogens with zero attached hydrogens (tertiary/aromatic N) is 1. The molecule has 0 aromatic rings. The molecule has 0 spiro atoms. The summed E-state index contributed by atoms with van der Waals surface area (Å²) >= 11 is 0. The Hall–Kier alpha value is -1.09. The Bertz CT molecular complexity index is 492. The number of esters is 1. The molecule has 1 aliphatic heterocycles. The van der Waals surface area contributed by atoms with Crippen molar-refractivity contribution in [3.8, 4) is 0 Å². The maximum atomic E-state index is 12.4. The Morgan fingerprint density at radius 1 is 1.33 bits per heavy atom. The molecule has 0 amide bonds. The van der Waals surface area contributed by atoms with Gasteiger partial charge in [0, 0.05) is 19.0 Å². The second-order valence-corrected chi connectivity index (χ2v) is 7.53. The summed E-state index contributed by atoms with van der Waals surface area (Å²) in [6.45, 7) is 13.1. The van der Waals surface area contributed by atoms with Crippen LogP contribution in [0.2, 0.25) is 0 Å². The Labute approximate surface area is 148 Å². The second-order valence-electron chi connectivity index (χ2n) is 7.53. The zero-order valence-corrected chi connectivity index (χ0v) is 16.2. The van der Waals surface area contributed by atoms with E-state index < -0.39 is 0 Å². The van der Waals surface area contributed by atoms with Crippen LogP contribution in [0.15, 0.2) is 23.3 Å². The second kappa shape index (κ2) is 8.84. The number of carbonyl (C=O) groups excluding carboxylic acids is 1. The first-order valence-electron chi connectivity index (χ1n) is 9.85. The van der Waals surface area contributed by atoms with Crippen LogP contribution in [0.3, 0.4) is 0 Å². The molecule has 0 bridgehead atoms. The van der Waals surface area contributed by atoms with Crippen molar-refractivity contribution in [1.82, 2.24) is 4.90 Å². The van der Waals surface area contributed by atoms with Crippen LogP contribution in [0.25, 0.3) is 0 Å². The fourth-order valence-electron chi connectivity index (χ4n) is 4.35. The monoisotopic (exact) mass is 333 g/mol. The quantitative estimate of drug-likeness (QED) is 0.609. The van der Waals surface area contributed by atoms with Crippen LogP contribution in [0.5, 0.6) is 0 Å². The molecule has 136 valence electrons. The molecular formula is C21H35NO2. The van der Waals surface area contributed by atoms with Gasteiger partial charge < -0.3 is 4.74 Å². The molecule has 1 fully saturated rings. The number of fused-ring (bicyclic) bond motifs is 1. The molecule has 3 unspecified atom stereocenters. The van der Waals surface area contributed by atoms with Gasteiger partial charge in [-0.15, -0.1) is 0 Å². The van der Waals surface area contributed by atoms with Crippen molar-refractivity contribution in [1.29, 1.82) is 0 Å². The molecule has 0 N–H and O–H groups in total. The molecule has 0 saturated carbocycles. The van der Waals surface area contributed by atoms with Gasteiger partial charge in [0.2, 0.25) is 0 Å². The SMILES string of the molecule is CC/C=C1/C(CCCC)=CC2CN(C(C(=O)OCC)C(C)C)CC12. The average molecular weight is 334 g/mol. The summed E-state index contributed by atoms with van der Waals surface area (Å²) in [7, 11) is 0. The van der Waals surface area contributed by atoms with Gasteiger partial charge in [-0.05, 0) is 49.2 Å². The van der Waals surface area contributed by atoms with Crippen LogP contribution in [-0.4, -0.2) is 36.6 Å². The molecule has 24 heavy (non-hydrogen) atoms. The van der Waals surface area contributed by atoms with E-state index in [-0.39, 0.29) is 17.9 Å². The minimum atomic E-state index is -0.106. The first kappa shape index (κ1) is 19.2. The summed E-state index contributed by atoms with van der Waals surface area (Å²) in [6, 6.07) is -0.106. The van der Waals surface area contributed by atoms with Gasteiger partial charge >= 0.3 is 5.97 Å². The van der Waals surface area contributed by atoms with Crippen molar-refractivity contribution in [2.45, 2.75) is 66.3 Å². The number of allylic oxidation sites excluding steroid dienone is 2. The first-order valence-corrected chi connectivity index (χ1v) is 9.85. The summed E-state index contributed by atoms with van der Waals surface area (Å²) in [6.07, 6.45) is 9.74. The highest BCUT2D eigenvalue weighted by Crippen LogP contribution is 2.44. The van der Waals surface area contributed by atoms with E-state index in [4.69, 9.17) is 4.74 Å². The van der Waals surface area contributed by atoms with Crippen molar-refractivity contribution < 1.29 is 9.53 Å². The number of hydrogen-bond acceptors (Lipinski definition) is 3. The molecular weight excluding hydrogens is 298 g/mol. The Kier molecular flexibility index (Phi) is 7.09. The van der Waals surface area contributed by atoms with Gasteiger partial charge in [-0.25, -0.2) is 0 Å². The molecule has 0 aromatic carbocycles. The molecule has 3 heteroatoms. The number of hydrogen-bond donors (Lipinski definition) is 0. The molecule has 0 radical (unpaired) electrons. The Morgan fingerprint density at radius 3 is 2.67 bits per heavy atom. The normalized spacial score (nSPS) is 26.8. The molecule has 0 aromatic heterocycles.